The summed E-state index contributed by atoms with van der Waals surface area (Å²) in [7, 11) is -1.55. The van der Waals surface area contributed by atoms with E-state index in [0.717, 1.165) is 6.42 Å². The molecule has 1 unspecified atom stereocenters. The molecule has 3 heteroatoms. The Labute approximate surface area is 196 Å². The third-order valence-corrected chi connectivity index (χ3v) is 13.5. The second-order valence-electron chi connectivity index (χ2n) is 9.84. The Kier molecular flexibility index (Phi) is 20.0. The summed E-state index contributed by atoms with van der Waals surface area (Å²) in [5, 5.41) is 0. The van der Waals surface area contributed by atoms with Crippen LogP contribution in [0.4, 0.5) is 0 Å². The van der Waals surface area contributed by atoms with Crippen molar-refractivity contribution >= 4 is 13.2 Å². The molecular weight excluding hydrogens is 399 g/mol. The standard InChI is InChI=1S/C28H57O2P/c1-7-11-12-13-14-15-16-17-18-19-20-21-22-23-24-25-27(30-28(29)26(5)6)31(8-2,9-3)10-4/h27,31H,5,7-25H2,1-4,6H3. The van der Waals surface area contributed by atoms with Crippen LogP contribution < -0.4 is 0 Å². The predicted octanol–water partition coefficient (Wildman–Crippen LogP) is 9.50. The fourth-order valence-electron chi connectivity index (χ4n) is 4.85. The van der Waals surface area contributed by atoms with E-state index in [-0.39, 0.29) is 11.8 Å². The molecule has 0 saturated heterocycles. The molecule has 186 valence electrons. The van der Waals surface area contributed by atoms with Crippen LogP contribution in [0.25, 0.3) is 0 Å². The van der Waals surface area contributed by atoms with Crippen molar-refractivity contribution in [3.05, 3.63) is 12.2 Å². The van der Waals surface area contributed by atoms with Gasteiger partial charge in [-0.25, -0.2) is 0 Å². The Bertz CT molecular complexity index is 434. The first-order valence-corrected chi connectivity index (χ1v) is 16.5. The van der Waals surface area contributed by atoms with E-state index in [9.17, 15) is 4.79 Å². The Morgan fingerprint density at radius 2 is 1.03 bits per heavy atom. The van der Waals surface area contributed by atoms with Gasteiger partial charge in [0.1, 0.15) is 0 Å². The zero-order valence-electron chi connectivity index (χ0n) is 22.0. The van der Waals surface area contributed by atoms with Gasteiger partial charge in [0.15, 0.2) is 0 Å². The number of unbranched alkanes of at least 4 members (excludes halogenated alkanes) is 14. The van der Waals surface area contributed by atoms with E-state index in [0.29, 0.717) is 5.57 Å². The predicted molar refractivity (Wildman–Crippen MR) is 144 cm³/mol. The summed E-state index contributed by atoms with van der Waals surface area (Å²) in [6.45, 7) is 14.7. The Balaban J connectivity index is 3.92. The second-order valence-corrected chi connectivity index (χ2v) is 15.3. The molecule has 0 heterocycles. The van der Waals surface area contributed by atoms with E-state index in [1.165, 1.54) is 115 Å². The molecule has 31 heavy (non-hydrogen) atoms. The molecule has 2 nitrogen and oxygen atoms in total. The third-order valence-electron chi connectivity index (χ3n) is 7.46. The van der Waals surface area contributed by atoms with E-state index in [2.05, 4.69) is 34.3 Å². The quantitative estimate of drug-likeness (QED) is 0.0701. The van der Waals surface area contributed by atoms with Crippen molar-refractivity contribution < 1.29 is 9.53 Å². The molecule has 0 aliphatic heterocycles. The molecule has 0 aromatic carbocycles. The summed E-state index contributed by atoms with van der Waals surface area (Å²) < 4.78 is 5.99. The fourth-order valence-corrected chi connectivity index (χ4v) is 8.89. The first-order valence-electron chi connectivity index (χ1n) is 13.8. The van der Waals surface area contributed by atoms with Gasteiger partial charge in [-0.05, 0) is 0 Å². The van der Waals surface area contributed by atoms with Crippen LogP contribution >= 0.6 is 7.26 Å². The molecule has 0 radical (unpaired) electrons. The monoisotopic (exact) mass is 456 g/mol. The van der Waals surface area contributed by atoms with Crippen molar-refractivity contribution in [3.8, 4) is 0 Å². The number of carbonyl (C=O) groups is 1. The second kappa shape index (κ2) is 20.3. The number of hydrogen-bond acceptors (Lipinski definition) is 2. The van der Waals surface area contributed by atoms with Gasteiger partial charge in [-0.15, -0.1) is 0 Å². The Morgan fingerprint density at radius 1 is 0.677 bits per heavy atom. The fraction of sp³-hybridized carbons (Fsp3) is 0.893. The van der Waals surface area contributed by atoms with Gasteiger partial charge in [-0.2, -0.15) is 0 Å². The minimum absolute atomic E-state index is 0.165. The number of hydrogen-bond donors (Lipinski definition) is 0. The van der Waals surface area contributed by atoms with Crippen molar-refractivity contribution in [3.63, 3.8) is 0 Å². The van der Waals surface area contributed by atoms with Crippen molar-refractivity contribution in [1.29, 1.82) is 0 Å². The van der Waals surface area contributed by atoms with Crippen LogP contribution in [0.5, 0.6) is 0 Å². The minimum atomic E-state index is -1.55. The maximum absolute atomic E-state index is 12.2. The molecule has 0 aliphatic rings. The van der Waals surface area contributed by atoms with Gasteiger partial charge in [0.2, 0.25) is 0 Å². The van der Waals surface area contributed by atoms with Crippen LogP contribution in [0.3, 0.4) is 0 Å². The van der Waals surface area contributed by atoms with Gasteiger partial charge in [-0.3, -0.25) is 0 Å². The van der Waals surface area contributed by atoms with Crippen LogP contribution in [-0.4, -0.2) is 30.3 Å². The van der Waals surface area contributed by atoms with Crippen LogP contribution in [0.1, 0.15) is 137 Å². The molecule has 0 N–H and O–H groups in total. The zero-order valence-corrected chi connectivity index (χ0v) is 23.0. The SMILES string of the molecule is C=C(C)C(=O)OC(CCCCCCCCCCCCCCCCC)[PH](CC)(CC)CC. The molecule has 0 rings (SSSR count). The molecule has 0 aliphatic carbocycles. The average molecular weight is 457 g/mol. The van der Waals surface area contributed by atoms with E-state index in [1.54, 1.807) is 6.92 Å². The van der Waals surface area contributed by atoms with Crippen molar-refractivity contribution in [2.24, 2.45) is 0 Å². The zero-order chi connectivity index (χ0) is 23.4. The molecule has 0 saturated carbocycles. The van der Waals surface area contributed by atoms with E-state index in [4.69, 9.17) is 4.74 Å². The Morgan fingerprint density at radius 3 is 1.35 bits per heavy atom. The molecule has 0 fully saturated rings. The average Bonchev–Trinajstić information content (AvgIpc) is 2.77. The summed E-state index contributed by atoms with van der Waals surface area (Å²) >= 11 is 0. The molecule has 0 aromatic heterocycles. The van der Waals surface area contributed by atoms with Crippen LogP contribution in [0.15, 0.2) is 12.2 Å². The first-order chi connectivity index (χ1) is 15.0. The van der Waals surface area contributed by atoms with Gasteiger partial charge in [0.25, 0.3) is 0 Å². The van der Waals surface area contributed by atoms with Gasteiger partial charge < -0.3 is 0 Å². The topological polar surface area (TPSA) is 26.3 Å². The number of ether oxygens (including phenoxy) is 1. The van der Waals surface area contributed by atoms with E-state index < -0.39 is 7.26 Å². The molecule has 0 aromatic rings. The first kappa shape index (κ1) is 30.6. The van der Waals surface area contributed by atoms with Gasteiger partial charge >= 0.3 is 158 Å². The van der Waals surface area contributed by atoms with Crippen LogP contribution in [0, 0.1) is 0 Å². The summed E-state index contributed by atoms with van der Waals surface area (Å²) in [5.41, 5.74) is 0.535. The normalized spacial score (nSPS) is 13.2. The Hall–Kier alpha value is -0.360. The molecule has 0 amide bonds. The summed E-state index contributed by atoms with van der Waals surface area (Å²) in [5.74, 6) is -0.0168. The number of rotatable bonds is 22. The van der Waals surface area contributed by atoms with Crippen molar-refractivity contribution in [2.75, 3.05) is 18.5 Å². The summed E-state index contributed by atoms with van der Waals surface area (Å²) in [4.78, 5) is 12.2. The van der Waals surface area contributed by atoms with Gasteiger partial charge in [0, 0.05) is 0 Å². The molecular formula is C28H57O2P. The van der Waals surface area contributed by atoms with E-state index >= 15 is 0 Å². The number of esters is 1. The maximum atomic E-state index is 12.2. The molecule has 0 spiro atoms. The van der Waals surface area contributed by atoms with Crippen molar-refractivity contribution in [1.82, 2.24) is 0 Å². The molecule has 0 bridgehead atoms. The van der Waals surface area contributed by atoms with Crippen LogP contribution in [-0.2, 0) is 9.53 Å². The van der Waals surface area contributed by atoms with Gasteiger partial charge in [0.05, 0.1) is 0 Å². The van der Waals surface area contributed by atoms with Gasteiger partial charge in [-0.1, -0.05) is 39.0 Å². The molecule has 1 atom stereocenters. The third kappa shape index (κ3) is 14.4. The van der Waals surface area contributed by atoms with Crippen LogP contribution in [0.2, 0.25) is 0 Å². The summed E-state index contributed by atoms with van der Waals surface area (Å²) in [6.07, 6.45) is 25.5. The van der Waals surface area contributed by atoms with E-state index in [1.807, 2.05) is 0 Å². The summed E-state index contributed by atoms with van der Waals surface area (Å²) in [6, 6.07) is 0. The van der Waals surface area contributed by atoms with Crippen molar-refractivity contribution in [2.45, 2.75) is 143 Å². The number of carbonyl (C=O) groups excluding carboxylic acids is 1.